The number of ketones is 1. The molecule has 174 valence electrons. The Morgan fingerprint density at radius 1 is 1.16 bits per heavy atom. The molecule has 0 aliphatic carbocycles. The minimum atomic E-state index is 0.229. The van der Waals surface area contributed by atoms with E-state index in [1.54, 1.807) is 6.92 Å². The number of nitrogens with two attached hydrogens (primary N) is 1. The molecule has 0 unspecified atom stereocenters. The molecule has 1 aromatic carbocycles. The van der Waals surface area contributed by atoms with Crippen molar-refractivity contribution in [2.24, 2.45) is 5.73 Å². The second-order valence-corrected chi connectivity index (χ2v) is 7.58. The van der Waals surface area contributed by atoms with Crippen LogP contribution in [0.5, 0.6) is 0 Å². The van der Waals surface area contributed by atoms with Crippen molar-refractivity contribution in [3.8, 4) is 0 Å². The van der Waals surface area contributed by atoms with E-state index in [1.807, 2.05) is 78.0 Å². The molecule has 3 N–H and O–H groups in total. The molecule has 4 heteroatoms. The summed E-state index contributed by atoms with van der Waals surface area (Å²) in [6.45, 7) is 15.5. The Hall–Kier alpha value is -2.13. The molecular formula is C27H43ClN2O. The minimum absolute atomic E-state index is 0.229. The number of nitrogens with one attached hydrogen (secondary N) is 1. The first kappa shape index (κ1) is 31.1. The van der Waals surface area contributed by atoms with Gasteiger partial charge in [0.25, 0.3) is 0 Å². The number of hydrogen-bond acceptors (Lipinski definition) is 3. The summed E-state index contributed by atoms with van der Waals surface area (Å²) in [6.07, 6.45) is 10.4. The lowest BCUT2D eigenvalue weighted by Crippen LogP contribution is -2.10. The summed E-state index contributed by atoms with van der Waals surface area (Å²) in [5.74, 6) is 0.229. The van der Waals surface area contributed by atoms with E-state index < -0.39 is 0 Å². The zero-order chi connectivity index (χ0) is 24.4. The van der Waals surface area contributed by atoms with Crippen molar-refractivity contribution in [3.63, 3.8) is 0 Å². The van der Waals surface area contributed by atoms with E-state index in [2.05, 4.69) is 6.92 Å². The third-order valence-corrected chi connectivity index (χ3v) is 4.92. The molecule has 3 nitrogen and oxygen atoms in total. The van der Waals surface area contributed by atoms with Gasteiger partial charge in [-0.3, -0.25) is 5.41 Å². The van der Waals surface area contributed by atoms with Gasteiger partial charge in [0.1, 0.15) is 5.78 Å². The van der Waals surface area contributed by atoms with E-state index in [0.717, 1.165) is 53.1 Å². The largest absolute Gasteiger partial charge is 0.402 e. The standard InChI is InChI=1S/C14H24N2.C11H13ClO.C2H6/c1-5-8-10-13(11(4)15)14(16)12(7-3)9-6-2;1-8-7-10(4-3-9(2)13)5-6-11(8)12;1-2/h6-7,9,16H,5,8,10,15H2,1-4H3;5-7H,3-4H2,1-2H3;1-2H3/b9-6-,12-7+,13-11-,16-14?;;. The van der Waals surface area contributed by atoms with Gasteiger partial charge in [0, 0.05) is 17.1 Å². The molecule has 0 aliphatic rings. The maximum Gasteiger partial charge on any atom is 0.130 e. The summed E-state index contributed by atoms with van der Waals surface area (Å²) < 4.78 is 0. The predicted molar refractivity (Wildman–Crippen MR) is 139 cm³/mol. The number of hydrogen-bond donors (Lipinski definition) is 2. The molecule has 0 aromatic heterocycles. The second-order valence-electron chi connectivity index (χ2n) is 7.17. The van der Waals surface area contributed by atoms with Crippen LogP contribution >= 0.6 is 11.6 Å². The highest BCUT2D eigenvalue weighted by Gasteiger charge is 2.09. The quantitative estimate of drug-likeness (QED) is 0.296. The van der Waals surface area contributed by atoms with Crippen LogP contribution in [-0.4, -0.2) is 11.5 Å². The Bertz CT molecular complexity index is 769. The fourth-order valence-electron chi connectivity index (χ4n) is 2.73. The normalized spacial score (nSPS) is 11.7. The first-order valence-electron chi connectivity index (χ1n) is 11.3. The topological polar surface area (TPSA) is 66.9 Å². The maximum absolute atomic E-state index is 10.7. The van der Waals surface area contributed by atoms with Crippen LogP contribution in [0.1, 0.15) is 85.3 Å². The third-order valence-electron chi connectivity index (χ3n) is 4.49. The van der Waals surface area contributed by atoms with Crippen LogP contribution in [0.3, 0.4) is 0 Å². The number of allylic oxidation sites excluding steroid dienone is 6. The molecule has 0 fully saturated rings. The number of benzene rings is 1. The smallest absolute Gasteiger partial charge is 0.130 e. The Kier molecular flexibility index (Phi) is 18.7. The van der Waals surface area contributed by atoms with Crippen molar-refractivity contribution >= 4 is 23.1 Å². The van der Waals surface area contributed by atoms with Crippen LogP contribution < -0.4 is 5.73 Å². The molecular weight excluding hydrogens is 404 g/mol. The van der Waals surface area contributed by atoms with Crippen LogP contribution in [0.15, 0.2) is 53.3 Å². The van der Waals surface area contributed by atoms with E-state index in [-0.39, 0.29) is 5.78 Å². The number of aryl methyl sites for hydroxylation is 2. The van der Waals surface area contributed by atoms with Gasteiger partial charge in [-0.25, -0.2) is 0 Å². The number of unbranched alkanes of at least 4 members (excludes halogenated alkanes) is 1. The van der Waals surface area contributed by atoms with Crippen LogP contribution in [0.25, 0.3) is 0 Å². The van der Waals surface area contributed by atoms with Gasteiger partial charge in [-0.2, -0.15) is 0 Å². The fraction of sp³-hybridized carbons (Fsp3) is 0.481. The summed E-state index contributed by atoms with van der Waals surface area (Å²) in [5, 5.41) is 8.94. The number of carbonyl (C=O) groups excluding carboxylic acids is 1. The van der Waals surface area contributed by atoms with Crippen molar-refractivity contribution in [2.45, 2.75) is 87.5 Å². The molecule has 0 radical (unpaired) electrons. The van der Waals surface area contributed by atoms with Gasteiger partial charge in [0.05, 0.1) is 5.71 Å². The predicted octanol–water partition coefficient (Wildman–Crippen LogP) is 8.15. The number of halogens is 1. The number of carbonyl (C=O) groups is 1. The van der Waals surface area contributed by atoms with Crippen molar-refractivity contribution in [1.29, 1.82) is 5.41 Å². The SMILES string of the molecule is C/C=C\C(=C/C)C(=N)/C(CCCC)=C(/C)N.CC.CC(=O)CCc1ccc(Cl)c(C)c1. The summed E-state index contributed by atoms with van der Waals surface area (Å²) >= 11 is 5.88. The van der Waals surface area contributed by atoms with Crippen molar-refractivity contribution in [3.05, 3.63) is 69.4 Å². The zero-order valence-electron chi connectivity index (χ0n) is 20.9. The van der Waals surface area contributed by atoms with E-state index in [4.69, 9.17) is 22.7 Å². The van der Waals surface area contributed by atoms with Gasteiger partial charge in [0.15, 0.2) is 0 Å². The Labute approximate surface area is 196 Å². The molecule has 0 heterocycles. The van der Waals surface area contributed by atoms with Crippen LogP contribution in [0.4, 0.5) is 0 Å². The highest BCUT2D eigenvalue weighted by molar-refractivity contribution is 6.31. The summed E-state index contributed by atoms with van der Waals surface area (Å²) in [5.41, 5.74) is 11.4. The molecule has 0 saturated carbocycles. The Balaban J connectivity index is 0. The number of rotatable bonds is 9. The van der Waals surface area contributed by atoms with Crippen molar-refractivity contribution < 1.29 is 4.79 Å². The summed E-state index contributed by atoms with van der Waals surface area (Å²) in [7, 11) is 0. The monoisotopic (exact) mass is 446 g/mol. The van der Waals surface area contributed by atoms with Gasteiger partial charge in [-0.1, -0.05) is 69.2 Å². The molecule has 0 saturated heterocycles. The molecule has 0 amide bonds. The molecule has 0 spiro atoms. The zero-order valence-corrected chi connectivity index (χ0v) is 21.6. The van der Waals surface area contributed by atoms with Gasteiger partial charge < -0.3 is 10.5 Å². The van der Waals surface area contributed by atoms with Crippen LogP contribution in [0, 0.1) is 12.3 Å². The Morgan fingerprint density at radius 2 is 1.77 bits per heavy atom. The summed E-state index contributed by atoms with van der Waals surface area (Å²) in [4.78, 5) is 10.7. The lowest BCUT2D eigenvalue weighted by Gasteiger charge is -2.11. The third kappa shape index (κ3) is 13.7. The second kappa shape index (κ2) is 18.6. The molecule has 0 bridgehead atoms. The minimum Gasteiger partial charge on any atom is -0.402 e. The maximum atomic E-state index is 10.7. The Morgan fingerprint density at radius 3 is 2.19 bits per heavy atom. The van der Waals surface area contributed by atoms with Gasteiger partial charge in [-0.15, -0.1) is 0 Å². The fourth-order valence-corrected chi connectivity index (χ4v) is 2.85. The molecule has 0 aliphatic heterocycles. The average molecular weight is 447 g/mol. The van der Waals surface area contributed by atoms with Gasteiger partial charge in [-0.05, 0) is 82.2 Å². The van der Waals surface area contributed by atoms with E-state index in [0.29, 0.717) is 12.1 Å². The molecule has 31 heavy (non-hydrogen) atoms. The van der Waals surface area contributed by atoms with Crippen LogP contribution in [-0.2, 0) is 11.2 Å². The highest BCUT2D eigenvalue weighted by atomic mass is 35.5. The summed E-state index contributed by atoms with van der Waals surface area (Å²) in [6, 6.07) is 5.88. The molecule has 1 rings (SSSR count). The first-order chi connectivity index (χ1) is 14.7. The van der Waals surface area contributed by atoms with Crippen molar-refractivity contribution in [2.75, 3.05) is 0 Å². The van der Waals surface area contributed by atoms with Gasteiger partial charge >= 0.3 is 0 Å². The van der Waals surface area contributed by atoms with E-state index >= 15 is 0 Å². The average Bonchev–Trinajstić information content (AvgIpc) is 2.74. The number of Topliss-reactive ketones (excluding diaryl/α,β-unsaturated/α-hetero) is 1. The lowest BCUT2D eigenvalue weighted by atomic mass is 9.96. The highest BCUT2D eigenvalue weighted by Crippen LogP contribution is 2.18. The lowest BCUT2D eigenvalue weighted by molar-refractivity contribution is -0.116. The van der Waals surface area contributed by atoms with Gasteiger partial charge in [0.2, 0.25) is 0 Å². The van der Waals surface area contributed by atoms with Crippen molar-refractivity contribution in [1.82, 2.24) is 0 Å². The molecule has 1 aromatic rings. The van der Waals surface area contributed by atoms with E-state index in [1.165, 1.54) is 5.56 Å². The molecule has 0 atom stereocenters. The first-order valence-corrected chi connectivity index (χ1v) is 11.6. The van der Waals surface area contributed by atoms with Crippen LogP contribution in [0.2, 0.25) is 5.02 Å². The van der Waals surface area contributed by atoms with E-state index in [9.17, 15) is 4.79 Å².